The third-order valence-electron chi connectivity index (χ3n) is 8.10. The Balaban J connectivity index is 1.88. The van der Waals surface area contributed by atoms with Crippen LogP contribution in [0.3, 0.4) is 0 Å². The van der Waals surface area contributed by atoms with E-state index in [1.807, 2.05) is 49.3 Å². The molecule has 1 aromatic heterocycles. The second-order valence-corrected chi connectivity index (χ2v) is 10.2. The number of hydrogen-bond donors (Lipinski definition) is 2. The predicted molar refractivity (Wildman–Crippen MR) is 139 cm³/mol. The number of fused-ring (bicyclic) bond motifs is 3. The second kappa shape index (κ2) is 9.74. The number of ether oxygens (including phenoxy) is 2. The zero-order chi connectivity index (χ0) is 27.1. The van der Waals surface area contributed by atoms with Crippen molar-refractivity contribution in [3.63, 3.8) is 0 Å². The third-order valence-corrected chi connectivity index (χ3v) is 8.10. The Kier molecular flexibility index (Phi) is 6.58. The summed E-state index contributed by atoms with van der Waals surface area (Å²) in [5.74, 6) is -0.863. The average Bonchev–Trinajstić information content (AvgIpc) is 3.33. The number of hydrogen-bond acceptors (Lipinski definition) is 8. The van der Waals surface area contributed by atoms with Crippen molar-refractivity contribution in [2.75, 3.05) is 34.4 Å². The smallest absolute Gasteiger partial charge is 0.224 e. The van der Waals surface area contributed by atoms with E-state index in [4.69, 9.17) is 9.47 Å². The largest absolute Gasteiger partial charge is 0.481 e. The van der Waals surface area contributed by atoms with Crippen molar-refractivity contribution < 1.29 is 19.7 Å². The molecule has 3 aromatic rings. The molecule has 0 bridgehead atoms. The lowest BCUT2D eigenvalue weighted by Gasteiger charge is -2.42. The molecule has 2 N–H and O–H groups in total. The highest BCUT2D eigenvalue weighted by Gasteiger charge is 2.76. The van der Waals surface area contributed by atoms with Crippen molar-refractivity contribution in [2.24, 2.45) is 11.8 Å². The lowest BCUT2D eigenvalue weighted by Crippen LogP contribution is -2.50. The van der Waals surface area contributed by atoms with Gasteiger partial charge >= 0.3 is 0 Å². The number of aromatic nitrogens is 1. The number of benzene rings is 2. The molecule has 1 fully saturated rings. The molecule has 2 heterocycles. The number of aliphatic hydroxyl groups is 2. The van der Waals surface area contributed by atoms with E-state index in [1.165, 1.54) is 7.11 Å². The monoisotopic (exact) mass is 510 g/mol. The number of nitrogens with zero attached hydrogens (tertiary/aromatic N) is 4. The van der Waals surface area contributed by atoms with E-state index >= 15 is 0 Å². The maximum absolute atomic E-state index is 13.2. The van der Waals surface area contributed by atoms with Crippen LogP contribution in [0.25, 0.3) is 0 Å². The number of nitriles is 2. The van der Waals surface area contributed by atoms with Gasteiger partial charge in [0.25, 0.3) is 0 Å². The molecule has 1 saturated carbocycles. The lowest BCUT2D eigenvalue weighted by molar-refractivity contribution is -0.130. The number of pyridine rings is 1. The minimum atomic E-state index is -1.67. The van der Waals surface area contributed by atoms with Gasteiger partial charge in [-0.2, -0.15) is 10.5 Å². The second-order valence-electron chi connectivity index (χ2n) is 10.2. The van der Waals surface area contributed by atoms with Gasteiger partial charge in [0.2, 0.25) is 5.88 Å². The fraction of sp³-hybridized carbons (Fsp3) is 0.367. The highest BCUT2D eigenvalue weighted by molar-refractivity contribution is 5.60. The van der Waals surface area contributed by atoms with Crippen LogP contribution in [0.15, 0.2) is 60.7 Å². The molecule has 0 spiro atoms. The zero-order valence-corrected chi connectivity index (χ0v) is 21.6. The van der Waals surface area contributed by atoms with E-state index in [-0.39, 0.29) is 24.1 Å². The van der Waals surface area contributed by atoms with Gasteiger partial charge in [0, 0.05) is 24.5 Å². The van der Waals surface area contributed by atoms with Gasteiger partial charge in [-0.05, 0) is 56.2 Å². The van der Waals surface area contributed by atoms with Gasteiger partial charge in [-0.15, -0.1) is 0 Å². The first-order valence-corrected chi connectivity index (χ1v) is 12.6. The highest BCUT2D eigenvalue weighted by Crippen LogP contribution is 2.72. The molecular formula is C30H30N4O4. The van der Waals surface area contributed by atoms with Crippen molar-refractivity contribution in [3.8, 4) is 23.8 Å². The molecule has 8 heteroatoms. The molecule has 194 valence electrons. The third kappa shape index (κ3) is 3.57. The van der Waals surface area contributed by atoms with Crippen LogP contribution in [0, 0.1) is 34.5 Å². The van der Waals surface area contributed by atoms with Crippen LogP contribution in [-0.4, -0.2) is 54.5 Å². The maximum atomic E-state index is 13.2. The Bertz CT molecular complexity index is 1410. The molecule has 0 amide bonds. The van der Waals surface area contributed by atoms with Crippen molar-refractivity contribution in [1.82, 2.24) is 9.88 Å². The lowest BCUT2D eigenvalue weighted by atomic mass is 9.69. The summed E-state index contributed by atoms with van der Waals surface area (Å²) < 4.78 is 12.5. The maximum Gasteiger partial charge on any atom is 0.224 e. The van der Waals surface area contributed by atoms with E-state index in [2.05, 4.69) is 17.1 Å². The number of rotatable bonds is 7. The molecule has 0 unspecified atom stereocenters. The van der Waals surface area contributed by atoms with Crippen molar-refractivity contribution in [3.05, 3.63) is 88.6 Å². The average molecular weight is 511 g/mol. The standard InChI is InChI=1S/C30H30N4O4/c1-34(2)14-13-24-23(18-35)26(20-7-5-4-6-8-20)30(21-11-9-19(16-31)10-12-21)29(24,36)27-25(38-30)15-22(17-32)33-28(27)37-3/h4-12,15,23-24,26,35-36H,13-14,18H2,1-3H3/t23-,24-,26+,29+,30-/m0/s1. The van der Waals surface area contributed by atoms with Crippen LogP contribution < -0.4 is 9.47 Å². The topological polar surface area (TPSA) is 123 Å². The van der Waals surface area contributed by atoms with Gasteiger partial charge in [0.1, 0.15) is 23.1 Å². The highest BCUT2D eigenvalue weighted by atomic mass is 16.5. The Morgan fingerprint density at radius 3 is 2.37 bits per heavy atom. The van der Waals surface area contributed by atoms with E-state index in [0.717, 1.165) is 5.56 Å². The van der Waals surface area contributed by atoms with E-state index < -0.39 is 23.0 Å². The summed E-state index contributed by atoms with van der Waals surface area (Å²) in [7, 11) is 5.39. The Morgan fingerprint density at radius 2 is 1.79 bits per heavy atom. The molecular weight excluding hydrogens is 480 g/mol. The SMILES string of the molecule is COc1nc(C#N)cc2c1[C@]1(O)[C@@H](CCN(C)C)[C@H](CO)[C@@H](c3ccccc3)[C@]1(c1ccc(C#N)cc1)O2. The Morgan fingerprint density at radius 1 is 1.08 bits per heavy atom. The molecule has 1 aliphatic carbocycles. The summed E-state index contributed by atoms with van der Waals surface area (Å²) >= 11 is 0. The summed E-state index contributed by atoms with van der Waals surface area (Å²) in [5.41, 5.74) is -0.530. The molecule has 38 heavy (non-hydrogen) atoms. The molecule has 0 saturated heterocycles. The molecule has 5 rings (SSSR count). The summed E-state index contributed by atoms with van der Waals surface area (Å²) in [6.07, 6.45) is 0.558. The normalized spacial score (nSPS) is 27.2. The fourth-order valence-corrected chi connectivity index (χ4v) is 6.62. The van der Waals surface area contributed by atoms with Gasteiger partial charge in [0.05, 0.1) is 24.3 Å². The summed E-state index contributed by atoms with van der Waals surface area (Å²) in [5, 5.41) is 43.2. The first kappa shape index (κ1) is 25.7. The van der Waals surface area contributed by atoms with Crippen LogP contribution in [-0.2, 0) is 11.2 Å². The summed E-state index contributed by atoms with van der Waals surface area (Å²) in [6.45, 7) is 0.485. The van der Waals surface area contributed by atoms with Gasteiger partial charge in [-0.25, -0.2) is 4.98 Å². The summed E-state index contributed by atoms with van der Waals surface area (Å²) in [6, 6.07) is 22.5. The van der Waals surface area contributed by atoms with Crippen molar-refractivity contribution in [1.29, 1.82) is 10.5 Å². The molecule has 2 aliphatic rings. The van der Waals surface area contributed by atoms with Gasteiger partial charge in [0.15, 0.2) is 5.60 Å². The Labute approximate surface area is 222 Å². The Hall–Kier alpha value is -3.95. The first-order chi connectivity index (χ1) is 18.3. The van der Waals surface area contributed by atoms with Gasteiger partial charge in [-0.1, -0.05) is 42.5 Å². The molecule has 5 atom stereocenters. The fourth-order valence-electron chi connectivity index (χ4n) is 6.62. The van der Waals surface area contributed by atoms with Crippen molar-refractivity contribution in [2.45, 2.75) is 23.5 Å². The zero-order valence-electron chi connectivity index (χ0n) is 21.6. The molecule has 8 nitrogen and oxygen atoms in total. The minimum absolute atomic E-state index is 0.110. The van der Waals surface area contributed by atoms with E-state index in [0.29, 0.717) is 35.4 Å². The minimum Gasteiger partial charge on any atom is -0.481 e. The number of aliphatic hydroxyl groups excluding tert-OH is 1. The van der Waals surface area contributed by atoms with Crippen molar-refractivity contribution >= 4 is 0 Å². The van der Waals surface area contributed by atoms with Crippen LogP contribution in [0.4, 0.5) is 0 Å². The van der Waals surface area contributed by atoms with Gasteiger partial charge in [-0.3, -0.25) is 0 Å². The quantitative estimate of drug-likeness (QED) is 0.497. The van der Waals surface area contributed by atoms with Crippen LogP contribution >= 0.6 is 0 Å². The molecule has 2 aromatic carbocycles. The van der Waals surface area contributed by atoms with Crippen LogP contribution in [0.1, 0.15) is 40.3 Å². The van der Waals surface area contributed by atoms with Crippen LogP contribution in [0.2, 0.25) is 0 Å². The predicted octanol–water partition coefficient (Wildman–Crippen LogP) is 3.28. The summed E-state index contributed by atoms with van der Waals surface area (Å²) in [4.78, 5) is 6.42. The van der Waals surface area contributed by atoms with Crippen LogP contribution in [0.5, 0.6) is 11.6 Å². The van der Waals surface area contributed by atoms with E-state index in [1.54, 1.807) is 30.3 Å². The molecule has 1 aliphatic heterocycles. The molecule has 0 radical (unpaired) electrons. The van der Waals surface area contributed by atoms with E-state index in [9.17, 15) is 20.7 Å². The number of methoxy groups -OCH3 is 1. The first-order valence-electron chi connectivity index (χ1n) is 12.6. The van der Waals surface area contributed by atoms with Gasteiger partial charge < -0.3 is 24.6 Å².